The fourth-order valence-electron chi connectivity index (χ4n) is 8.46. The van der Waals surface area contributed by atoms with Crippen LogP contribution in [0.5, 0.6) is 5.75 Å². The molecule has 3 aliphatic rings. The molecule has 3 amide bonds. The summed E-state index contributed by atoms with van der Waals surface area (Å²) in [5, 5.41) is 24.1. The number of nitrogens with zero attached hydrogens (tertiary/aromatic N) is 2. The van der Waals surface area contributed by atoms with Crippen LogP contribution in [0.15, 0.2) is 66.7 Å². The molecule has 266 valence electrons. The number of methoxy groups -OCH3 is 1. The smallest absolute Gasteiger partial charge is 0.264 e. The predicted octanol–water partition coefficient (Wildman–Crippen LogP) is 4.80. The number of amides is 3. The normalized spacial score (nSPS) is 25.2. The zero-order valence-electron chi connectivity index (χ0n) is 29.2. The lowest BCUT2D eigenvalue weighted by Gasteiger charge is -2.37. The largest absolute Gasteiger partial charge is 0.497 e. The highest BCUT2D eigenvalue weighted by molar-refractivity contribution is 6.91. The predicted molar refractivity (Wildman–Crippen MR) is 195 cm³/mol. The van der Waals surface area contributed by atoms with Gasteiger partial charge in [0, 0.05) is 28.7 Å². The number of ether oxygens (including phenoxy) is 2. The van der Waals surface area contributed by atoms with E-state index in [2.05, 4.69) is 37.5 Å². The van der Waals surface area contributed by atoms with Crippen molar-refractivity contribution < 1.29 is 34.1 Å². The fourth-order valence-corrected chi connectivity index (χ4v) is 12.6. The third-order valence-corrected chi connectivity index (χ3v) is 15.6. The number of aliphatic hydroxyl groups excluding tert-OH is 2. The standard InChI is InChI=1S/C38H46ClN3O7Si/c1-23-35(50(4,5)30-14-12-29(48-3)13-15-30)33(20-34(45)41-17-7-10-28(41)22-43)49-38(23)31-19-26(39)11-16-32(31)42(37(38)47)21-25-8-6-9-27(18-25)40-36(46)24(2)44/h6,8-9,11-16,18-19,23-24,28,33,35,43-44H,7,10,17,20-22H2,1-5H3,(H,40,46)/t23-,24+,28+,33+,35-,38+/m1/s1. The van der Waals surface area contributed by atoms with Gasteiger partial charge in [-0.2, -0.15) is 0 Å². The highest BCUT2D eigenvalue weighted by Crippen LogP contribution is 2.60. The van der Waals surface area contributed by atoms with Gasteiger partial charge in [0.25, 0.3) is 11.8 Å². The molecular weight excluding hydrogens is 674 g/mol. The zero-order valence-corrected chi connectivity index (χ0v) is 30.9. The first-order chi connectivity index (χ1) is 23.8. The second-order valence-corrected chi connectivity index (χ2v) is 19.5. The number of fused-ring (bicyclic) bond motifs is 2. The van der Waals surface area contributed by atoms with Crippen LogP contribution in [0.4, 0.5) is 11.4 Å². The summed E-state index contributed by atoms with van der Waals surface area (Å²) in [6.45, 7) is 8.70. The Bertz CT molecular complexity index is 1770. The van der Waals surface area contributed by atoms with E-state index in [1.807, 2.05) is 30.3 Å². The van der Waals surface area contributed by atoms with Crippen LogP contribution < -0.4 is 20.1 Å². The number of rotatable bonds is 10. The molecule has 3 aromatic carbocycles. The lowest BCUT2D eigenvalue weighted by atomic mass is 9.82. The van der Waals surface area contributed by atoms with E-state index < -0.39 is 31.8 Å². The molecule has 12 heteroatoms. The van der Waals surface area contributed by atoms with Crippen LogP contribution in [-0.2, 0) is 31.3 Å². The maximum atomic E-state index is 15.1. The SMILES string of the molecule is COc1ccc([Si](C)(C)[C@H]2[C@H](CC(=O)N3CCC[C@H]3CO)O[C@@]3(C(=O)N(Cc4cccc(NC(=O)[C@H](C)O)c4)c4ccc(Cl)cc43)[C@@H]2C)cc1. The molecule has 0 aliphatic carbocycles. The Kier molecular flexibility index (Phi) is 10.2. The van der Waals surface area contributed by atoms with E-state index in [0.29, 0.717) is 28.5 Å². The van der Waals surface area contributed by atoms with Gasteiger partial charge in [-0.1, -0.05) is 61.1 Å². The van der Waals surface area contributed by atoms with Crippen LogP contribution in [0.25, 0.3) is 0 Å². The van der Waals surface area contributed by atoms with Gasteiger partial charge in [-0.15, -0.1) is 0 Å². The maximum absolute atomic E-state index is 15.1. The van der Waals surface area contributed by atoms with Crippen LogP contribution in [0.2, 0.25) is 23.7 Å². The lowest BCUT2D eigenvalue weighted by Crippen LogP contribution is -2.52. The number of hydrogen-bond acceptors (Lipinski definition) is 7. The summed E-state index contributed by atoms with van der Waals surface area (Å²) < 4.78 is 12.6. The van der Waals surface area contributed by atoms with E-state index in [-0.39, 0.29) is 48.9 Å². The van der Waals surface area contributed by atoms with E-state index in [9.17, 15) is 19.8 Å². The van der Waals surface area contributed by atoms with E-state index >= 15 is 4.79 Å². The van der Waals surface area contributed by atoms with Gasteiger partial charge in [0.15, 0.2) is 5.60 Å². The summed E-state index contributed by atoms with van der Waals surface area (Å²) in [6.07, 6.45) is -0.0617. The van der Waals surface area contributed by atoms with E-state index in [0.717, 1.165) is 29.3 Å². The van der Waals surface area contributed by atoms with Crippen LogP contribution >= 0.6 is 11.6 Å². The molecule has 6 atom stereocenters. The Morgan fingerprint density at radius 1 is 1.14 bits per heavy atom. The number of hydrogen-bond donors (Lipinski definition) is 3. The Labute approximate surface area is 299 Å². The molecule has 2 saturated heterocycles. The minimum absolute atomic E-state index is 0.0787. The first kappa shape index (κ1) is 36.1. The Morgan fingerprint density at radius 2 is 1.88 bits per heavy atom. The molecule has 3 heterocycles. The average molecular weight is 720 g/mol. The van der Waals surface area contributed by atoms with Crippen molar-refractivity contribution in [1.82, 2.24) is 4.90 Å². The molecule has 1 spiro atoms. The summed E-state index contributed by atoms with van der Waals surface area (Å²) in [4.78, 5) is 44.7. The molecule has 3 N–H and O–H groups in total. The lowest BCUT2D eigenvalue weighted by molar-refractivity contribution is -0.150. The van der Waals surface area contributed by atoms with Crippen molar-refractivity contribution in [1.29, 1.82) is 0 Å². The van der Waals surface area contributed by atoms with Crippen molar-refractivity contribution in [2.24, 2.45) is 5.92 Å². The number of nitrogens with one attached hydrogen (secondary N) is 1. The second-order valence-electron chi connectivity index (χ2n) is 14.3. The highest BCUT2D eigenvalue weighted by atomic mass is 35.5. The number of anilines is 2. The molecule has 0 unspecified atom stereocenters. The number of halogens is 1. The van der Waals surface area contributed by atoms with Gasteiger partial charge in [0.2, 0.25) is 5.91 Å². The molecule has 0 radical (unpaired) electrons. The van der Waals surface area contributed by atoms with Gasteiger partial charge in [-0.05, 0) is 73.3 Å². The monoisotopic (exact) mass is 719 g/mol. The molecule has 2 fully saturated rings. The van der Waals surface area contributed by atoms with Crippen molar-refractivity contribution in [2.45, 2.75) is 82.1 Å². The molecule has 10 nitrogen and oxygen atoms in total. The van der Waals surface area contributed by atoms with Crippen LogP contribution in [-0.4, -0.2) is 79.4 Å². The van der Waals surface area contributed by atoms with Gasteiger partial charge in [0.05, 0.1) is 52.6 Å². The summed E-state index contributed by atoms with van der Waals surface area (Å²) >= 11 is 6.64. The maximum Gasteiger partial charge on any atom is 0.264 e. The van der Waals surface area contributed by atoms with Crippen molar-refractivity contribution in [3.05, 3.63) is 82.9 Å². The Morgan fingerprint density at radius 3 is 2.56 bits per heavy atom. The molecule has 0 saturated carbocycles. The number of carbonyl (C=O) groups is 3. The van der Waals surface area contributed by atoms with Crippen molar-refractivity contribution in [3.63, 3.8) is 0 Å². The third-order valence-electron chi connectivity index (χ3n) is 11.0. The van der Waals surface area contributed by atoms with Gasteiger partial charge >= 0.3 is 0 Å². The molecular formula is C38H46ClN3O7Si. The van der Waals surface area contributed by atoms with Gasteiger partial charge in [-0.3, -0.25) is 14.4 Å². The zero-order chi connectivity index (χ0) is 36.0. The first-order valence-electron chi connectivity index (χ1n) is 17.2. The Balaban J connectivity index is 1.41. The summed E-state index contributed by atoms with van der Waals surface area (Å²) in [5.74, 6) is -0.412. The topological polar surface area (TPSA) is 129 Å². The third kappa shape index (κ3) is 6.34. The van der Waals surface area contributed by atoms with Gasteiger partial charge in [0.1, 0.15) is 11.9 Å². The van der Waals surface area contributed by atoms with E-state index in [4.69, 9.17) is 21.1 Å². The quantitative estimate of drug-likeness (QED) is 0.257. The van der Waals surface area contributed by atoms with Crippen molar-refractivity contribution >= 4 is 54.0 Å². The van der Waals surface area contributed by atoms with Gasteiger partial charge < -0.3 is 34.8 Å². The summed E-state index contributed by atoms with van der Waals surface area (Å²) in [7, 11) is -0.857. The summed E-state index contributed by atoms with van der Waals surface area (Å²) in [6, 6.07) is 20.4. The van der Waals surface area contributed by atoms with E-state index in [1.54, 1.807) is 41.2 Å². The molecule has 50 heavy (non-hydrogen) atoms. The number of carbonyl (C=O) groups excluding carboxylic acids is 3. The molecule has 3 aromatic rings. The van der Waals surface area contributed by atoms with Crippen LogP contribution in [0.1, 0.15) is 44.2 Å². The minimum Gasteiger partial charge on any atom is -0.497 e. The van der Waals surface area contributed by atoms with Crippen LogP contribution in [0.3, 0.4) is 0 Å². The number of benzene rings is 3. The summed E-state index contributed by atoms with van der Waals surface area (Å²) in [5.41, 5.74) is 1.08. The molecule has 6 rings (SSSR count). The fraction of sp³-hybridized carbons (Fsp3) is 0.447. The number of likely N-dealkylation sites (tertiary alicyclic amines) is 1. The van der Waals surface area contributed by atoms with Crippen molar-refractivity contribution in [3.8, 4) is 5.75 Å². The van der Waals surface area contributed by atoms with Crippen LogP contribution in [0, 0.1) is 5.92 Å². The minimum atomic E-state index is -2.49. The molecule has 3 aliphatic heterocycles. The highest BCUT2D eigenvalue weighted by Gasteiger charge is 2.66. The number of aliphatic hydroxyl groups is 2. The van der Waals surface area contributed by atoms with E-state index in [1.165, 1.54) is 6.92 Å². The van der Waals surface area contributed by atoms with Crippen molar-refractivity contribution in [2.75, 3.05) is 30.5 Å². The molecule has 0 bridgehead atoms. The van der Waals surface area contributed by atoms with Gasteiger partial charge in [-0.25, -0.2) is 0 Å². The molecule has 0 aromatic heterocycles. The average Bonchev–Trinajstić information content (AvgIpc) is 3.75. The Hall–Kier alpha value is -3.74. The first-order valence-corrected chi connectivity index (χ1v) is 20.7. The second kappa shape index (κ2) is 14.1.